The molecule has 30 heavy (non-hydrogen) atoms. The Balaban J connectivity index is 1.60. The van der Waals surface area contributed by atoms with Gasteiger partial charge in [-0.2, -0.15) is 10.2 Å². The van der Waals surface area contributed by atoms with E-state index < -0.39 is 0 Å². The lowest BCUT2D eigenvalue weighted by Crippen LogP contribution is -2.15. The standard InChI is InChI=1S/C22H20FN5OS/c1-13-4-5-14(2)19(10-13)25-20(29)12-30-22-21-18(15(3)26-27-22)11-24-28(21)17-8-6-16(23)7-9-17/h4-11H,12H2,1-3H3,(H,25,29). The minimum Gasteiger partial charge on any atom is -0.325 e. The van der Waals surface area contributed by atoms with Gasteiger partial charge >= 0.3 is 0 Å². The predicted octanol–water partition coefficient (Wildman–Crippen LogP) is 4.61. The lowest BCUT2D eigenvalue weighted by atomic mass is 10.1. The minimum absolute atomic E-state index is 0.128. The number of fused-ring (bicyclic) bond motifs is 1. The molecule has 0 unspecified atom stereocenters. The van der Waals surface area contributed by atoms with Crippen LogP contribution in [0.4, 0.5) is 10.1 Å². The van der Waals surface area contributed by atoms with Crippen LogP contribution in [0, 0.1) is 26.6 Å². The van der Waals surface area contributed by atoms with Crippen molar-refractivity contribution >= 4 is 34.3 Å². The molecule has 0 aliphatic rings. The molecule has 0 aliphatic heterocycles. The summed E-state index contributed by atoms with van der Waals surface area (Å²) in [6.45, 7) is 5.80. The number of amides is 1. The summed E-state index contributed by atoms with van der Waals surface area (Å²) in [7, 11) is 0. The smallest absolute Gasteiger partial charge is 0.234 e. The van der Waals surface area contributed by atoms with Gasteiger partial charge in [0.2, 0.25) is 5.91 Å². The molecule has 0 fully saturated rings. The third-order valence-electron chi connectivity index (χ3n) is 4.73. The third-order valence-corrected chi connectivity index (χ3v) is 5.69. The van der Waals surface area contributed by atoms with Gasteiger partial charge in [0.05, 0.1) is 23.3 Å². The molecule has 0 radical (unpaired) electrons. The zero-order valence-corrected chi connectivity index (χ0v) is 17.6. The van der Waals surface area contributed by atoms with Crippen LogP contribution < -0.4 is 5.32 Å². The van der Waals surface area contributed by atoms with Crippen molar-refractivity contribution in [3.8, 4) is 5.69 Å². The van der Waals surface area contributed by atoms with E-state index in [4.69, 9.17) is 0 Å². The number of benzene rings is 2. The van der Waals surface area contributed by atoms with Gasteiger partial charge in [0.25, 0.3) is 0 Å². The van der Waals surface area contributed by atoms with Crippen molar-refractivity contribution in [3.05, 3.63) is 71.3 Å². The fourth-order valence-electron chi connectivity index (χ4n) is 3.11. The summed E-state index contributed by atoms with van der Waals surface area (Å²) < 4.78 is 15.0. The number of rotatable bonds is 5. The van der Waals surface area contributed by atoms with Crippen molar-refractivity contribution in [3.63, 3.8) is 0 Å². The zero-order chi connectivity index (χ0) is 21.3. The predicted molar refractivity (Wildman–Crippen MR) is 117 cm³/mol. The van der Waals surface area contributed by atoms with Crippen LogP contribution in [0.5, 0.6) is 0 Å². The van der Waals surface area contributed by atoms with E-state index in [0.29, 0.717) is 10.7 Å². The van der Waals surface area contributed by atoms with Gasteiger partial charge in [-0.1, -0.05) is 23.9 Å². The topological polar surface area (TPSA) is 72.7 Å². The number of nitrogens with one attached hydrogen (secondary N) is 1. The highest BCUT2D eigenvalue weighted by Gasteiger charge is 2.16. The van der Waals surface area contributed by atoms with Crippen LogP contribution in [0.3, 0.4) is 0 Å². The van der Waals surface area contributed by atoms with Gasteiger partial charge < -0.3 is 5.32 Å². The Labute approximate surface area is 177 Å². The van der Waals surface area contributed by atoms with E-state index in [1.807, 2.05) is 39.0 Å². The molecule has 1 amide bonds. The Morgan fingerprint density at radius 3 is 2.63 bits per heavy atom. The fraction of sp³-hybridized carbons (Fsp3) is 0.182. The second-order valence-electron chi connectivity index (χ2n) is 7.04. The average Bonchev–Trinajstić information content (AvgIpc) is 3.17. The maximum atomic E-state index is 13.3. The van der Waals surface area contributed by atoms with Crippen LogP contribution in [-0.4, -0.2) is 31.6 Å². The van der Waals surface area contributed by atoms with Gasteiger partial charge in [-0.05, 0) is 62.2 Å². The molecular formula is C22H20FN5OS. The molecule has 2 aromatic heterocycles. The summed E-state index contributed by atoms with van der Waals surface area (Å²) in [5.74, 6) is -0.268. The second kappa shape index (κ2) is 8.23. The summed E-state index contributed by atoms with van der Waals surface area (Å²) in [5.41, 5.74) is 5.09. The first kappa shape index (κ1) is 20.0. The average molecular weight is 422 g/mol. The number of thioether (sulfide) groups is 1. The largest absolute Gasteiger partial charge is 0.325 e. The molecule has 8 heteroatoms. The van der Waals surface area contributed by atoms with Crippen LogP contribution in [-0.2, 0) is 4.79 Å². The fourth-order valence-corrected chi connectivity index (χ4v) is 3.88. The Morgan fingerprint density at radius 2 is 1.87 bits per heavy atom. The highest BCUT2D eigenvalue weighted by molar-refractivity contribution is 8.00. The summed E-state index contributed by atoms with van der Waals surface area (Å²) in [6.07, 6.45) is 1.71. The Morgan fingerprint density at radius 1 is 1.10 bits per heavy atom. The number of halogens is 1. The van der Waals surface area contributed by atoms with Crippen molar-refractivity contribution in [2.45, 2.75) is 25.8 Å². The van der Waals surface area contributed by atoms with E-state index in [2.05, 4.69) is 20.6 Å². The molecule has 0 spiro atoms. The Bertz CT molecular complexity index is 1240. The first-order valence-corrected chi connectivity index (χ1v) is 10.4. The molecule has 1 N–H and O–H groups in total. The van der Waals surface area contributed by atoms with E-state index in [0.717, 1.165) is 33.4 Å². The van der Waals surface area contributed by atoms with Gasteiger partial charge in [0, 0.05) is 11.1 Å². The van der Waals surface area contributed by atoms with Gasteiger partial charge in [-0.25, -0.2) is 9.07 Å². The monoisotopic (exact) mass is 421 g/mol. The normalized spacial score (nSPS) is 11.1. The first-order valence-electron chi connectivity index (χ1n) is 9.39. The number of aryl methyl sites for hydroxylation is 3. The molecule has 0 atom stereocenters. The molecular weight excluding hydrogens is 401 g/mol. The third kappa shape index (κ3) is 4.04. The number of nitrogens with zero attached hydrogens (tertiary/aromatic N) is 4. The molecule has 2 heterocycles. The molecule has 0 bridgehead atoms. The van der Waals surface area contributed by atoms with E-state index in [1.165, 1.54) is 23.9 Å². The quantitative estimate of drug-likeness (QED) is 0.477. The van der Waals surface area contributed by atoms with Crippen molar-refractivity contribution in [1.29, 1.82) is 0 Å². The molecule has 4 rings (SSSR count). The molecule has 4 aromatic rings. The van der Waals surface area contributed by atoms with Crippen LogP contribution in [0.1, 0.15) is 16.8 Å². The maximum Gasteiger partial charge on any atom is 0.234 e. The van der Waals surface area contributed by atoms with Gasteiger partial charge in [0.15, 0.2) is 0 Å². The van der Waals surface area contributed by atoms with Crippen LogP contribution in [0.25, 0.3) is 16.6 Å². The highest BCUT2D eigenvalue weighted by atomic mass is 32.2. The lowest BCUT2D eigenvalue weighted by Gasteiger charge is -2.10. The summed E-state index contributed by atoms with van der Waals surface area (Å²) in [6, 6.07) is 12.0. The number of hydrogen-bond donors (Lipinski definition) is 1. The summed E-state index contributed by atoms with van der Waals surface area (Å²) in [4.78, 5) is 12.5. The molecule has 6 nitrogen and oxygen atoms in total. The lowest BCUT2D eigenvalue weighted by molar-refractivity contribution is -0.113. The molecule has 2 aromatic carbocycles. The number of carbonyl (C=O) groups excluding carboxylic acids is 1. The minimum atomic E-state index is -0.316. The molecule has 152 valence electrons. The number of anilines is 1. The number of aromatic nitrogens is 4. The van der Waals surface area contributed by atoms with E-state index in [1.54, 1.807) is 23.0 Å². The summed E-state index contributed by atoms with van der Waals surface area (Å²) in [5, 5.41) is 17.3. The maximum absolute atomic E-state index is 13.3. The van der Waals surface area contributed by atoms with Gasteiger partial charge in [-0.15, -0.1) is 5.10 Å². The first-order chi connectivity index (χ1) is 14.4. The van der Waals surface area contributed by atoms with E-state index in [9.17, 15) is 9.18 Å². The van der Waals surface area contributed by atoms with Crippen molar-refractivity contribution in [1.82, 2.24) is 20.0 Å². The van der Waals surface area contributed by atoms with Gasteiger partial charge in [-0.3, -0.25) is 4.79 Å². The zero-order valence-electron chi connectivity index (χ0n) is 16.8. The van der Waals surface area contributed by atoms with Crippen molar-refractivity contribution in [2.75, 3.05) is 11.1 Å². The van der Waals surface area contributed by atoms with Gasteiger partial charge in [0.1, 0.15) is 16.4 Å². The van der Waals surface area contributed by atoms with E-state index >= 15 is 0 Å². The molecule has 0 aliphatic carbocycles. The second-order valence-corrected chi connectivity index (χ2v) is 8.00. The van der Waals surface area contributed by atoms with Crippen LogP contribution in [0.15, 0.2) is 53.7 Å². The van der Waals surface area contributed by atoms with Crippen LogP contribution in [0.2, 0.25) is 0 Å². The number of hydrogen-bond acceptors (Lipinski definition) is 5. The Kier molecular flexibility index (Phi) is 5.50. The molecule has 0 saturated carbocycles. The summed E-state index contributed by atoms with van der Waals surface area (Å²) >= 11 is 1.29. The van der Waals surface area contributed by atoms with E-state index in [-0.39, 0.29) is 17.5 Å². The SMILES string of the molecule is Cc1ccc(C)c(NC(=O)CSc2nnc(C)c3cnn(-c4ccc(F)cc4)c23)c1. The Hall–Kier alpha value is -3.26. The van der Waals surface area contributed by atoms with Crippen molar-refractivity contribution < 1.29 is 9.18 Å². The van der Waals surface area contributed by atoms with Crippen LogP contribution >= 0.6 is 11.8 Å². The highest BCUT2D eigenvalue weighted by Crippen LogP contribution is 2.29. The van der Waals surface area contributed by atoms with Crippen molar-refractivity contribution in [2.24, 2.45) is 0 Å². The molecule has 0 saturated heterocycles. The number of carbonyl (C=O) groups is 1.